The third kappa shape index (κ3) is 2.93. The van der Waals surface area contributed by atoms with E-state index >= 15 is 0 Å². The SMILES string of the molecule is Cn1c([N+](=O)[O-])cnc1CC(S)c1nnnn1-c1ccccc1. The number of para-hydroxylation sites is 1. The molecule has 0 radical (unpaired) electrons. The number of hydrogen-bond acceptors (Lipinski definition) is 7. The molecule has 2 aromatic heterocycles. The normalized spacial score (nSPS) is 12.3. The number of nitro groups is 1. The van der Waals surface area contributed by atoms with Crippen LogP contribution in [0, 0.1) is 10.1 Å². The average Bonchev–Trinajstić information content (AvgIpc) is 3.16. The van der Waals surface area contributed by atoms with Gasteiger partial charge in [-0.2, -0.15) is 17.3 Å². The van der Waals surface area contributed by atoms with Gasteiger partial charge in [-0.05, 0) is 27.5 Å². The van der Waals surface area contributed by atoms with Crippen molar-refractivity contribution < 1.29 is 4.92 Å². The predicted molar refractivity (Wildman–Crippen MR) is 84.4 cm³/mol. The Balaban J connectivity index is 1.87. The van der Waals surface area contributed by atoms with Crippen molar-refractivity contribution in [2.75, 3.05) is 0 Å². The second-order valence-corrected chi connectivity index (χ2v) is 5.48. The molecule has 0 fully saturated rings. The molecule has 0 saturated carbocycles. The molecular formula is C13H13N7O2S. The lowest BCUT2D eigenvalue weighted by Crippen LogP contribution is -2.10. The molecule has 3 aromatic rings. The van der Waals surface area contributed by atoms with Crippen molar-refractivity contribution in [2.24, 2.45) is 7.05 Å². The number of aromatic nitrogens is 6. The third-order valence-electron chi connectivity index (χ3n) is 3.42. The Kier molecular flexibility index (Phi) is 4.06. The molecular weight excluding hydrogens is 318 g/mol. The Morgan fingerprint density at radius 2 is 2.09 bits per heavy atom. The Morgan fingerprint density at radius 1 is 1.35 bits per heavy atom. The molecule has 2 heterocycles. The van der Waals surface area contributed by atoms with E-state index in [0.717, 1.165) is 5.69 Å². The van der Waals surface area contributed by atoms with Gasteiger partial charge in [0, 0.05) is 6.42 Å². The molecule has 0 saturated heterocycles. The first-order chi connectivity index (χ1) is 11.1. The number of nitrogens with zero attached hydrogens (tertiary/aromatic N) is 7. The van der Waals surface area contributed by atoms with E-state index < -0.39 is 4.92 Å². The molecule has 0 aliphatic carbocycles. The number of imidazole rings is 1. The molecule has 23 heavy (non-hydrogen) atoms. The Hall–Kier alpha value is -2.75. The van der Waals surface area contributed by atoms with Crippen molar-refractivity contribution in [2.45, 2.75) is 11.7 Å². The van der Waals surface area contributed by atoms with Gasteiger partial charge in [-0.3, -0.25) is 0 Å². The summed E-state index contributed by atoms with van der Waals surface area (Å²) in [7, 11) is 1.60. The third-order valence-corrected chi connectivity index (χ3v) is 3.83. The topological polar surface area (TPSA) is 105 Å². The van der Waals surface area contributed by atoms with E-state index in [9.17, 15) is 10.1 Å². The van der Waals surface area contributed by atoms with Gasteiger partial charge in [0.1, 0.15) is 6.20 Å². The number of rotatable bonds is 5. The van der Waals surface area contributed by atoms with Crippen LogP contribution in [-0.4, -0.2) is 34.7 Å². The molecule has 0 aliphatic rings. The van der Waals surface area contributed by atoms with Gasteiger partial charge in [0.05, 0.1) is 18.0 Å². The summed E-state index contributed by atoms with van der Waals surface area (Å²) in [6, 6.07) is 9.43. The van der Waals surface area contributed by atoms with Crippen molar-refractivity contribution in [3.63, 3.8) is 0 Å². The molecule has 0 spiro atoms. The van der Waals surface area contributed by atoms with Crippen molar-refractivity contribution in [1.29, 1.82) is 0 Å². The minimum atomic E-state index is -0.474. The van der Waals surface area contributed by atoms with E-state index in [-0.39, 0.29) is 11.1 Å². The molecule has 1 unspecified atom stereocenters. The van der Waals surface area contributed by atoms with E-state index in [1.807, 2.05) is 30.3 Å². The summed E-state index contributed by atoms with van der Waals surface area (Å²) in [5, 5.41) is 22.2. The fourth-order valence-corrected chi connectivity index (χ4v) is 2.54. The minimum absolute atomic E-state index is 0.0665. The first-order valence-corrected chi connectivity index (χ1v) is 7.26. The monoisotopic (exact) mass is 331 g/mol. The van der Waals surface area contributed by atoms with Crippen LogP contribution in [0.1, 0.15) is 16.9 Å². The average molecular weight is 331 g/mol. The second-order valence-electron chi connectivity index (χ2n) is 4.85. The zero-order valence-electron chi connectivity index (χ0n) is 12.1. The number of thiol groups is 1. The highest BCUT2D eigenvalue weighted by Crippen LogP contribution is 2.25. The number of tetrazole rings is 1. The van der Waals surface area contributed by atoms with Crippen molar-refractivity contribution in [1.82, 2.24) is 29.8 Å². The predicted octanol–water partition coefficient (Wildman–Crippen LogP) is 1.52. The van der Waals surface area contributed by atoms with E-state index in [2.05, 4.69) is 33.1 Å². The van der Waals surface area contributed by atoms with Crippen LogP contribution in [-0.2, 0) is 13.5 Å². The molecule has 1 atom stereocenters. The van der Waals surface area contributed by atoms with Gasteiger partial charge in [-0.1, -0.05) is 18.2 Å². The van der Waals surface area contributed by atoms with E-state index in [0.29, 0.717) is 18.1 Å². The second kappa shape index (κ2) is 6.16. The van der Waals surface area contributed by atoms with Crippen LogP contribution in [0.5, 0.6) is 0 Å². The lowest BCUT2D eigenvalue weighted by molar-refractivity contribution is -0.391. The summed E-state index contributed by atoms with van der Waals surface area (Å²) in [4.78, 5) is 14.5. The quantitative estimate of drug-likeness (QED) is 0.432. The van der Waals surface area contributed by atoms with Crippen LogP contribution in [0.4, 0.5) is 5.82 Å². The minimum Gasteiger partial charge on any atom is -0.358 e. The summed E-state index contributed by atoms with van der Waals surface area (Å²) in [5.74, 6) is 1.02. The lowest BCUT2D eigenvalue weighted by atomic mass is 10.2. The van der Waals surface area contributed by atoms with Crippen LogP contribution < -0.4 is 0 Å². The van der Waals surface area contributed by atoms with Gasteiger partial charge < -0.3 is 10.1 Å². The van der Waals surface area contributed by atoms with Crippen LogP contribution in [0.3, 0.4) is 0 Å². The maximum atomic E-state index is 10.9. The largest absolute Gasteiger partial charge is 0.358 e. The van der Waals surface area contributed by atoms with Crippen LogP contribution in [0.2, 0.25) is 0 Å². The first kappa shape index (κ1) is 15.2. The highest BCUT2D eigenvalue weighted by molar-refractivity contribution is 7.80. The van der Waals surface area contributed by atoms with E-state index in [4.69, 9.17) is 0 Å². The van der Waals surface area contributed by atoms with Crippen LogP contribution >= 0.6 is 12.6 Å². The summed E-state index contributed by atoms with van der Waals surface area (Å²) >= 11 is 4.54. The smallest absolute Gasteiger partial charge is 0.342 e. The van der Waals surface area contributed by atoms with Gasteiger partial charge in [0.2, 0.25) is 0 Å². The molecule has 1 aromatic carbocycles. The maximum absolute atomic E-state index is 10.9. The Morgan fingerprint density at radius 3 is 2.74 bits per heavy atom. The van der Waals surface area contributed by atoms with Gasteiger partial charge in [0.15, 0.2) is 11.6 Å². The highest BCUT2D eigenvalue weighted by Gasteiger charge is 2.23. The van der Waals surface area contributed by atoms with Gasteiger partial charge in [0.25, 0.3) is 0 Å². The zero-order chi connectivity index (χ0) is 16.4. The van der Waals surface area contributed by atoms with Crippen molar-refractivity contribution in [3.8, 4) is 5.69 Å². The number of benzene rings is 1. The molecule has 10 heteroatoms. The van der Waals surface area contributed by atoms with Gasteiger partial charge in [-0.15, -0.1) is 5.10 Å². The van der Waals surface area contributed by atoms with E-state index in [1.165, 1.54) is 10.8 Å². The summed E-state index contributed by atoms with van der Waals surface area (Å²) < 4.78 is 3.02. The standard InChI is InChI=1S/C13H13N7O2S/c1-18-11(14-8-12(18)20(21)22)7-10(23)13-15-16-17-19(13)9-5-3-2-4-6-9/h2-6,8,10,23H,7H2,1H3. The molecule has 3 rings (SSSR count). The van der Waals surface area contributed by atoms with Gasteiger partial charge >= 0.3 is 5.82 Å². The number of hydrogen-bond donors (Lipinski definition) is 1. The fourth-order valence-electron chi connectivity index (χ4n) is 2.22. The summed E-state index contributed by atoms with van der Waals surface area (Å²) in [6.07, 6.45) is 1.59. The summed E-state index contributed by atoms with van der Waals surface area (Å²) in [5.41, 5.74) is 0.817. The molecule has 0 N–H and O–H groups in total. The van der Waals surface area contributed by atoms with Crippen molar-refractivity contribution in [3.05, 3.63) is 58.3 Å². The lowest BCUT2D eigenvalue weighted by Gasteiger charge is -2.09. The van der Waals surface area contributed by atoms with Crippen LogP contribution in [0.25, 0.3) is 5.69 Å². The zero-order valence-corrected chi connectivity index (χ0v) is 13.0. The van der Waals surface area contributed by atoms with Gasteiger partial charge in [-0.25, -0.2) is 9.55 Å². The molecule has 0 amide bonds. The Bertz CT molecular complexity index is 830. The molecule has 9 nitrogen and oxygen atoms in total. The van der Waals surface area contributed by atoms with Crippen molar-refractivity contribution >= 4 is 18.4 Å². The molecule has 0 aliphatic heterocycles. The molecule has 118 valence electrons. The summed E-state index contributed by atoms with van der Waals surface area (Å²) in [6.45, 7) is 0. The highest BCUT2D eigenvalue weighted by atomic mass is 32.1. The van der Waals surface area contributed by atoms with E-state index in [1.54, 1.807) is 11.7 Å². The first-order valence-electron chi connectivity index (χ1n) is 6.74. The van der Waals surface area contributed by atoms with Crippen LogP contribution in [0.15, 0.2) is 36.5 Å². The maximum Gasteiger partial charge on any atom is 0.342 e. The fraction of sp³-hybridized carbons (Fsp3) is 0.231. The Labute approximate surface area is 136 Å². The molecule has 0 bridgehead atoms.